The van der Waals surface area contributed by atoms with Gasteiger partial charge in [-0.3, -0.25) is 9.63 Å². The molecule has 0 radical (unpaired) electrons. The first-order chi connectivity index (χ1) is 10.1. The van der Waals surface area contributed by atoms with Crippen LogP contribution in [0.25, 0.3) is 0 Å². The molecular formula is C15H21BrN2O4. The molecule has 0 aliphatic carbocycles. The predicted octanol–water partition coefficient (Wildman–Crippen LogP) is 3.03. The van der Waals surface area contributed by atoms with Crippen molar-refractivity contribution < 1.29 is 19.2 Å². The Morgan fingerprint density at radius 3 is 2.23 bits per heavy atom. The van der Waals surface area contributed by atoms with Crippen molar-refractivity contribution >= 4 is 27.9 Å². The summed E-state index contributed by atoms with van der Waals surface area (Å²) >= 11 is 3.33. The zero-order valence-corrected chi connectivity index (χ0v) is 14.9. The van der Waals surface area contributed by atoms with Crippen molar-refractivity contribution in [3.8, 4) is 0 Å². The van der Waals surface area contributed by atoms with Crippen molar-refractivity contribution in [2.45, 2.75) is 32.4 Å². The van der Waals surface area contributed by atoms with Gasteiger partial charge in [0, 0.05) is 11.5 Å². The van der Waals surface area contributed by atoms with E-state index in [-0.39, 0.29) is 0 Å². The van der Waals surface area contributed by atoms with Crippen LogP contribution in [0.2, 0.25) is 0 Å². The van der Waals surface area contributed by atoms with Gasteiger partial charge in [-0.25, -0.2) is 9.86 Å². The van der Waals surface area contributed by atoms with Gasteiger partial charge in [-0.2, -0.15) is 0 Å². The Morgan fingerprint density at radius 2 is 1.77 bits per heavy atom. The van der Waals surface area contributed by atoms with E-state index in [4.69, 9.17) is 9.57 Å². The van der Waals surface area contributed by atoms with Crippen LogP contribution in [0.1, 0.15) is 32.4 Å². The summed E-state index contributed by atoms with van der Waals surface area (Å²) in [6, 6.07) is 6.17. The third-order valence-electron chi connectivity index (χ3n) is 2.70. The van der Waals surface area contributed by atoms with Crippen molar-refractivity contribution in [3.05, 3.63) is 34.3 Å². The normalized spacial score (nSPS) is 12.5. The molecule has 0 spiro atoms. The van der Waals surface area contributed by atoms with Crippen LogP contribution < -0.4 is 5.32 Å². The van der Waals surface area contributed by atoms with Gasteiger partial charge in [0.15, 0.2) is 0 Å². The van der Waals surface area contributed by atoms with Crippen molar-refractivity contribution in [2.24, 2.45) is 0 Å². The molecule has 0 aromatic heterocycles. The van der Waals surface area contributed by atoms with Crippen molar-refractivity contribution in [2.75, 3.05) is 14.2 Å². The fourth-order valence-electron chi connectivity index (χ4n) is 1.64. The molecule has 1 N–H and O–H groups in total. The average molecular weight is 373 g/mol. The number of amides is 2. The highest BCUT2D eigenvalue weighted by Gasteiger charge is 2.28. The maximum atomic E-state index is 12.4. The minimum Gasteiger partial charge on any atom is -0.444 e. The molecule has 0 heterocycles. The van der Waals surface area contributed by atoms with Gasteiger partial charge >= 0.3 is 6.09 Å². The van der Waals surface area contributed by atoms with Gasteiger partial charge in [0.25, 0.3) is 5.91 Å². The highest BCUT2D eigenvalue weighted by Crippen LogP contribution is 2.20. The lowest BCUT2D eigenvalue weighted by Gasteiger charge is -2.25. The van der Waals surface area contributed by atoms with Gasteiger partial charge in [-0.15, -0.1) is 0 Å². The Morgan fingerprint density at radius 1 is 1.23 bits per heavy atom. The SMILES string of the molecule is CON(C)C(=O)C(NC(=O)OC(C)(C)C)c1ccc(Br)cc1. The van der Waals surface area contributed by atoms with Crippen LogP contribution in [-0.2, 0) is 14.4 Å². The van der Waals surface area contributed by atoms with E-state index in [0.717, 1.165) is 9.54 Å². The number of hydrogen-bond donors (Lipinski definition) is 1. The molecule has 0 aliphatic heterocycles. The maximum absolute atomic E-state index is 12.4. The first-order valence-corrected chi connectivity index (χ1v) is 7.50. The highest BCUT2D eigenvalue weighted by molar-refractivity contribution is 9.10. The second kappa shape index (κ2) is 7.60. The summed E-state index contributed by atoms with van der Waals surface area (Å²) < 4.78 is 6.08. The number of nitrogens with zero attached hydrogens (tertiary/aromatic N) is 1. The minimum atomic E-state index is -0.895. The third kappa shape index (κ3) is 5.65. The second-order valence-corrected chi connectivity index (χ2v) is 6.56. The first kappa shape index (κ1) is 18.4. The van der Waals surface area contributed by atoms with E-state index in [2.05, 4.69) is 21.2 Å². The van der Waals surface area contributed by atoms with E-state index in [9.17, 15) is 9.59 Å². The molecule has 1 rings (SSSR count). The Kier molecular flexibility index (Phi) is 6.37. The molecule has 0 saturated heterocycles. The number of nitrogens with one attached hydrogen (secondary N) is 1. The zero-order valence-electron chi connectivity index (χ0n) is 13.3. The van der Waals surface area contributed by atoms with Gasteiger partial charge in [-0.05, 0) is 38.5 Å². The summed E-state index contributed by atoms with van der Waals surface area (Å²) in [5.41, 5.74) is -0.0205. The number of hydrogen-bond acceptors (Lipinski definition) is 4. The molecule has 0 saturated carbocycles. The number of halogens is 1. The smallest absolute Gasteiger partial charge is 0.408 e. The largest absolute Gasteiger partial charge is 0.444 e. The fraction of sp³-hybridized carbons (Fsp3) is 0.467. The molecule has 122 valence electrons. The summed E-state index contributed by atoms with van der Waals surface area (Å²) in [5, 5.41) is 3.64. The lowest BCUT2D eigenvalue weighted by molar-refractivity contribution is -0.171. The van der Waals surface area contributed by atoms with E-state index >= 15 is 0 Å². The quantitative estimate of drug-likeness (QED) is 0.824. The van der Waals surface area contributed by atoms with Gasteiger partial charge in [0.2, 0.25) is 0 Å². The third-order valence-corrected chi connectivity index (χ3v) is 3.22. The number of ether oxygens (including phenoxy) is 1. The predicted molar refractivity (Wildman–Crippen MR) is 86.0 cm³/mol. The van der Waals surface area contributed by atoms with Gasteiger partial charge < -0.3 is 10.1 Å². The molecule has 6 nitrogen and oxygen atoms in total. The van der Waals surface area contributed by atoms with Crippen LogP contribution in [0.4, 0.5) is 4.79 Å². The Bertz CT molecular complexity index is 525. The highest BCUT2D eigenvalue weighted by atomic mass is 79.9. The van der Waals surface area contributed by atoms with Gasteiger partial charge in [0.1, 0.15) is 11.6 Å². The number of likely N-dealkylation sites (N-methyl/N-ethyl adjacent to an activating group) is 1. The van der Waals surface area contributed by atoms with E-state index in [0.29, 0.717) is 5.56 Å². The first-order valence-electron chi connectivity index (χ1n) is 6.70. The molecule has 7 heteroatoms. The number of carbonyl (C=O) groups is 2. The topological polar surface area (TPSA) is 67.9 Å². The fourth-order valence-corrected chi connectivity index (χ4v) is 1.90. The van der Waals surface area contributed by atoms with Crippen molar-refractivity contribution in [1.29, 1.82) is 0 Å². The summed E-state index contributed by atoms with van der Waals surface area (Å²) in [6.07, 6.45) is -0.668. The van der Waals surface area contributed by atoms with Crippen LogP contribution in [0.5, 0.6) is 0 Å². The average Bonchev–Trinajstić information content (AvgIpc) is 2.42. The van der Waals surface area contributed by atoms with Crippen LogP contribution >= 0.6 is 15.9 Å². The van der Waals surface area contributed by atoms with Crippen LogP contribution in [0.3, 0.4) is 0 Å². The second-order valence-electron chi connectivity index (χ2n) is 5.65. The lowest BCUT2D eigenvalue weighted by atomic mass is 10.1. The summed E-state index contributed by atoms with van der Waals surface area (Å²) in [7, 11) is 2.86. The van der Waals surface area contributed by atoms with Crippen molar-refractivity contribution in [1.82, 2.24) is 10.4 Å². The number of hydroxylamine groups is 2. The van der Waals surface area contributed by atoms with E-state index in [1.807, 2.05) is 0 Å². The molecule has 22 heavy (non-hydrogen) atoms. The van der Waals surface area contributed by atoms with Gasteiger partial charge in [0.05, 0.1) is 7.11 Å². The van der Waals surface area contributed by atoms with Crippen LogP contribution in [0, 0.1) is 0 Å². The van der Waals surface area contributed by atoms with Crippen molar-refractivity contribution in [3.63, 3.8) is 0 Å². The molecule has 1 aromatic rings. The molecule has 0 aliphatic rings. The number of carbonyl (C=O) groups excluding carboxylic acids is 2. The maximum Gasteiger partial charge on any atom is 0.408 e. The summed E-state index contributed by atoms with van der Waals surface area (Å²) in [4.78, 5) is 29.3. The molecule has 0 bridgehead atoms. The zero-order chi connectivity index (χ0) is 16.9. The summed E-state index contributed by atoms with van der Waals surface area (Å²) in [6.45, 7) is 5.26. The molecular weight excluding hydrogens is 352 g/mol. The summed E-state index contributed by atoms with van der Waals surface area (Å²) in [5.74, 6) is -0.407. The molecule has 2 amide bonds. The van der Waals surface area contributed by atoms with E-state index in [1.165, 1.54) is 14.2 Å². The van der Waals surface area contributed by atoms with Crippen LogP contribution in [-0.4, -0.2) is 36.8 Å². The van der Waals surface area contributed by atoms with Gasteiger partial charge in [-0.1, -0.05) is 28.1 Å². The lowest BCUT2D eigenvalue weighted by Crippen LogP contribution is -2.42. The molecule has 1 atom stereocenters. The van der Waals surface area contributed by atoms with E-state index in [1.54, 1.807) is 45.0 Å². The standard InChI is InChI=1S/C15H21BrN2O4/c1-15(2,3)22-14(20)17-12(13(19)18(4)21-5)10-6-8-11(16)9-7-10/h6-9,12H,1-5H3,(H,17,20). The number of rotatable bonds is 4. The molecule has 0 fully saturated rings. The van der Waals surface area contributed by atoms with Crippen LogP contribution in [0.15, 0.2) is 28.7 Å². The Hall–Kier alpha value is -1.60. The minimum absolute atomic E-state index is 0.407. The monoisotopic (exact) mass is 372 g/mol. The number of benzene rings is 1. The Balaban J connectivity index is 2.99. The molecule has 1 unspecified atom stereocenters. The van der Waals surface area contributed by atoms with E-state index < -0.39 is 23.6 Å². The molecule has 1 aromatic carbocycles. The Labute approximate surface area is 138 Å². The number of alkyl carbamates (subject to hydrolysis) is 1.